The van der Waals surface area contributed by atoms with Crippen LogP contribution in [0.4, 0.5) is 14.5 Å². The summed E-state index contributed by atoms with van der Waals surface area (Å²) in [6.07, 6.45) is -1.59. The Hall–Kier alpha value is -2.47. The molecule has 4 nitrogen and oxygen atoms in total. The fourth-order valence-electron chi connectivity index (χ4n) is 1.93. The Morgan fingerprint density at radius 1 is 1.12 bits per heavy atom. The summed E-state index contributed by atoms with van der Waals surface area (Å²) < 4.78 is 32.0. The van der Waals surface area contributed by atoms with Crippen LogP contribution < -0.4 is 5.32 Å². The Kier molecular flexibility index (Phi) is 5.87. The van der Waals surface area contributed by atoms with Crippen molar-refractivity contribution in [2.45, 2.75) is 19.4 Å². The number of anilines is 1. The molecule has 0 aliphatic carbocycles. The molecular weight excluding hydrogens is 340 g/mol. The van der Waals surface area contributed by atoms with Gasteiger partial charge in [-0.15, -0.1) is 0 Å². The lowest BCUT2D eigenvalue weighted by molar-refractivity contribution is -0.152. The summed E-state index contributed by atoms with van der Waals surface area (Å²) in [7, 11) is 0. The summed E-state index contributed by atoms with van der Waals surface area (Å²) in [5.41, 5.74) is -0.0339. The summed E-state index contributed by atoms with van der Waals surface area (Å²) in [5, 5.41) is 2.40. The summed E-state index contributed by atoms with van der Waals surface area (Å²) in [6.45, 7) is 1.33. The van der Waals surface area contributed by atoms with Gasteiger partial charge < -0.3 is 10.1 Å². The Balaban J connectivity index is 1.96. The van der Waals surface area contributed by atoms with Crippen molar-refractivity contribution >= 4 is 29.2 Å². The van der Waals surface area contributed by atoms with Gasteiger partial charge in [0.25, 0.3) is 5.91 Å². The second-order valence-corrected chi connectivity index (χ2v) is 5.39. The van der Waals surface area contributed by atoms with E-state index < -0.39 is 36.0 Å². The molecule has 1 N–H and O–H groups in total. The lowest BCUT2D eigenvalue weighted by atomic mass is 10.1. The van der Waals surface area contributed by atoms with Crippen LogP contribution in [0.5, 0.6) is 0 Å². The third-order valence-corrected chi connectivity index (χ3v) is 3.55. The normalized spacial score (nSPS) is 11.7. The van der Waals surface area contributed by atoms with Crippen molar-refractivity contribution in [1.82, 2.24) is 0 Å². The SMILES string of the molecule is C[C@@H](OC(=O)Cc1c(F)cccc1Cl)C(=O)Nc1ccccc1F. The van der Waals surface area contributed by atoms with Crippen LogP contribution in [0.15, 0.2) is 42.5 Å². The topological polar surface area (TPSA) is 55.4 Å². The van der Waals surface area contributed by atoms with Crippen molar-refractivity contribution in [2.75, 3.05) is 5.32 Å². The number of rotatable bonds is 5. The lowest BCUT2D eigenvalue weighted by Crippen LogP contribution is -2.30. The number of esters is 1. The molecular formula is C17H14ClF2NO3. The van der Waals surface area contributed by atoms with Crippen molar-refractivity contribution in [3.8, 4) is 0 Å². The van der Waals surface area contributed by atoms with E-state index in [0.29, 0.717) is 0 Å². The van der Waals surface area contributed by atoms with Crippen molar-refractivity contribution in [1.29, 1.82) is 0 Å². The van der Waals surface area contributed by atoms with Gasteiger partial charge in [-0.3, -0.25) is 9.59 Å². The van der Waals surface area contributed by atoms with Gasteiger partial charge in [0.1, 0.15) is 11.6 Å². The van der Waals surface area contributed by atoms with E-state index in [-0.39, 0.29) is 16.3 Å². The highest BCUT2D eigenvalue weighted by Crippen LogP contribution is 2.20. The van der Waals surface area contributed by atoms with Crippen LogP contribution in [0.25, 0.3) is 0 Å². The van der Waals surface area contributed by atoms with Gasteiger partial charge in [-0.1, -0.05) is 29.8 Å². The van der Waals surface area contributed by atoms with Gasteiger partial charge in [-0.05, 0) is 31.2 Å². The predicted molar refractivity (Wildman–Crippen MR) is 85.7 cm³/mol. The zero-order valence-electron chi connectivity index (χ0n) is 12.7. The molecule has 0 saturated heterocycles. The first-order valence-electron chi connectivity index (χ1n) is 7.06. The van der Waals surface area contributed by atoms with E-state index in [1.807, 2.05) is 0 Å². The van der Waals surface area contributed by atoms with E-state index in [1.54, 1.807) is 6.07 Å². The van der Waals surface area contributed by atoms with Crippen LogP contribution in [-0.4, -0.2) is 18.0 Å². The average Bonchev–Trinajstić information content (AvgIpc) is 2.53. The number of carbonyl (C=O) groups excluding carboxylic acids is 2. The molecule has 7 heteroatoms. The molecule has 0 fully saturated rings. The Labute approximate surface area is 142 Å². The van der Waals surface area contributed by atoms with Crippen LogP contribution >= 0.6 is 11.6 Å². The molecule has 0 heterocycles. The monoisotopic (exact) mass is 353 g/mol. The molecule has 126 valence electrons. The van der Waals surface area contributed by atoms with E-state index in [9.17, 15) is 18.4 Å². The molecule has 0 saturated carbocycles. The first-order chi connectivity index (χ1) is 11.4. The van der Waals surface area contributed by atoms with Gasteiger partial charge in [0.05, 0.1) is 12.1 Å². The predicted octanol–water partition coefficient (Wildman–Crippen LogP) is 3.73. The Morgan fingerprint density at radius 2 is 1.79 bits per heavy atom. The maximum Gasteiger partial charge on any atom is 0.311 e. The Bertz CT molecular complexity index is 747. The number of hydrogen-bond donors (Lipinski definition) is 1. The minimum absolute atomic E-state index is 0.00845. The summed E-state index contributed by atoms with van der Waals surface area (Å²) in [4.78, 5) is 23.8. The number of amides is 1. The van der Waals surface area contributed by atoms with Crippen molar-refractivity contribution in [3.63, 3.8) is 0 Å². The second-order valence-electron chi connectivity index (χ2n) is 4.98. The van der Waals surface area contributed by atoms with E-state index in [0.717, 1.165) is 0 Å². The first-order valence-corrected chi connectivity index (χ1v) is 7.44. The van der Waals surface area contributed by atoms with Crippen molar-refractivity contribution in [3.05, 3.63) is 64.7 Å². The van der Waals surface area contributed by atoms with Crippen LogP contribution in [0.1, 0.15) is 12.5 Å². The highest BCUT2D eigenvalue weighted by molar-refractivity contribution is 6.31. The summed E-state index contributed by atoms with van der Waals surface area (Å²) in [5.74, 6) is -2.77. The molecule has 1 amide bonds. The average molecular weight is 354 g/mol. The standard InChI is InChI=1S/C17H14ClF2NO3/c1-10(17(23)21-15-8-3-2-6-14(15)20)24-16(22)9-11-12(18)5-4-7-13(11)19/h2-8,10H,9H2,1H3,(H,21,23)/t10-/m1/s1. The van der Waals surface area contributed by atoms with Gasteiger partial charge in [-0.25, -0.2) is 8.78 Å². The number of para-hydroxylation sites is 1. The van der Waals surface area contributed by atoms with Gasteiger partial charge in [0.15, 0.2) is 6.10 Å². The minimum Gasteiger partial charge on any atom is -0.452 e. The van der Waals surface area contributed by atoms with Gasteiger partial charge >= 0.3 is 5.97 Å². The molecule has 1 atom stereocenters. The molecule has 2 aromatic rings. The molecule has 2 aromatic carbocycles. The molecule has 0 aliphatic heterocycles. The van der Waals surface area contributed by atoms with Gasteiger partial charge in [-0.2, -0.15) is 0 Å². The number of hydrogen-bond acceptors (Lipinski definition) is 3. The third-order valence-electron chi connectivity index (χ3n) is 3.19. The summed E-state index contributed by atoms with van der Waals surface area (Å²) in [6, 6.07) is 9.62. The third kappa shape index (κ3) is 4.52. The highest BCUT2D eigenvalue weighted by Gasteiger charge is 2.20. The molecule has 24 heavy (non-hydrogen) atoms. The van der Waals surface area contributed by atoms with Crippen LogP contribution in [0, 0.1) is 11.6 Å². The van der Waals surface area contributed by atoms with Crippen molar-refractivity contribution < 1.29 is 23.1 Å². The fraction of sp³-hybridized carbons (Fsp3) is 0.176. The smallest absolute Gasteiger partial charge is 0.311 e. The van der Waals surface area contributed by atoms with Crippen LogP contribution in [0.3, 0.4) is 0 Å². The van der Waals surface area contributed by atoms with E-state index in [2.05, 4.69) is 5.32 Å². The second kappa shape index (κ2) is 7.88. The Morgan fingerprint density at radius 3 is 2.46 bits per heavy atom. The highest BCUT2D eigenvalue weighted by atomic mass is 35.5. The quantitative estimate of drug-likeness (QED) is 0.833. The van der Waals surface area contributed by atoms with Crippen LogP contribution in [0.2, 0.25) is 5.02 Å². The molecule has 0 bridgehead atoms. The van der Waals surface area contributed by atoms with E-state index >= 15 is 0 Å². The number of ether oxygens (including phenoxy) is 1. The number of halogens is 3. The van der Waals surface area contributed by atoms with Crippen molar-refractivity contribution in [2.24, 2.45) is 0 Å². The molecule has 2 rings (SSSR count). The molecule has 0 aliphatic rings. The molecule has 0 spiro atoms. The largest absolute Gasteiger partial charge is 0.452 e. The zero-order chi connectivity index (χ0) is 17.7. The molecule has 0 radical (unpaired) electrons. The summed E-state index contributed by atoms with van der Waals surface area (Å²) >= 11 is 5.83. The zero-order valence-corrected chi connectivity index (χ0v) is 13.4. The number of carbonyl (C=O) groups is 2. The molecule has 0 unspecified atom stereocenters. The first kappa shape index (κ1) is 17.9. The number of benzene rings is 2. The lowest BCUT2D eigenvalue weighted by Gasteiger charge is -2.14. The van der Waals surface area contributed by atoms with Crippen LogP contribution in [-0.2, 0) is 20.7 Å². The van der Waals surface area contributed by atoms with E-state index in [1.165, 1.54) is 43.3 Å². The van der Waals surface area contributed by atoms with Gasteiger partial charge in [0, 0.05) is 10.6 Å². The number of nitrogens with one attached hydrogen (secondary N) is 1. The van der Waals surface area contributed by atoms with E-state index in [4.69, 9.17) is 16.3 Å². The van der Waals surface area contributed by atoms with Gasteiger partial charge in [0.2, 0.25) is 0 Å². The molecule has 0 aromatic heterocycles. The minimum atomic E-state index is -1.18. The maximum absolute atomic E-state index is 13.6. The maximum atomic E-state index is 13.6. The fourth-order valence-corrected chi connectivity index (χ4v) is 2.16.